The second kappa shape index (κ2) is 10.8. The van der Waals surface area contributed by atoms with Crippen LogP contribution in [0.2, 0.25) is 0 Å². The summed E-state index contributed by atoms with van der Waals surface area (Å²) in [6.45, 7) is 0. The van der Waals surface area contributed by atoms with E-state index in [1.165, 1.54) is 43.8 Å². The van der Waals surface area contributed by atoms with Crippen molar-refractivity contribution >= 4 is 60.5 Å². The molecule has 0 spiro atoms. The summed E-state index contributed by atoms with van der Waals surface area (Å²) < 4.78 is 6.18. The Bertz CT molecular complexity index is 2540. The minimum Gasteiger partial charge on any atom is -0.456 e. The zero-order valence-electron chi connectivity index (χ0n) is 25.1. The van der Waals surface area contributed by atoms with Crippen LogP contribution in [0.25, 0.3) is 65.7 Å². The van der Waals surface area contributed by atoms with Gasteiger partial charge in [0.15, 0.2) is 0 Å². The fourth-order valence-corrected chi connectivity index (χ4v) is 6.73. The van der Waals surface area contributed by atoms with E-state index in [-0.39, 0.29) is 0 Å². The molecule has 46 heavy (non-hydrogen) atoms. The topological polar surface area (TPSA) is 16.4 Å². The van der Waals surface area contributed by atoms with Gasteiger partial charge in [-0.3, -0.25) is 0 Å². The molecule has 0 saturated heterocycles. The van der Waals surface area contributed by atoms with Gasteiger partial charge in [0.25, 0.3) is 0 Å². The van der Waals surface area contributed by atoms with Gasteiger partial charge in [-0.05, 0) is 98.9 Å². The Kier molecular flexibility index (Phi) is 6.17. The quantitative estimate of drug-likeness (QED) is 0.199. The number of hydrogen-bond acceptors (Lipinski definition) is 2. The van der Waals surface area contributed by atoms with Crippen LogP contribution in [0.4, 0.5) is 17.1 Å². The van der Waals surface area contributed by atoms with Gasteiger partial charge in [-0.25, -0.2) is 0 Å². The molecule has 9 aromatic rings. The van der Waals surface area contributed by atoms with Crippen molar-refractivity contribution in [2.75, 3.05) is 4.90 Å². The molecule has 0 saturated carbocycles. The lowest BCUT2D eigenvalue weighted by Gasteiger charge is -2.28. The average Bonchev–Trinajstić information content (AvgIpc) is 3.50. The molecule has 2 nitrogen and oxygen atoms in total. The summed E-state index contributed by atoms with van der Waals surface area (Å²) in [7, 11) is 0. The molecule has 216 valence electrons. The molecule has 9 rings (SSSR count). The Morgan fingerprint density at radius 1 is 0.348 bits per heavy atom. The SMILES string of the molecule is c1ccc(N(c2ccc3oc4ccccc4c3c2)c2ccccc2-c2ccc3ccc(-c4ccc5ccccc5c4)cc3c2)cc1. The van der Waals surface area contributed by atoms with Crippen molar-refractivity contribution in [3.8, 4) is 22.3 Å². The molecule has 0 amide bonds. The molecule has 8 aromatic carbocycles. The lowest BCUT2D eigenvalue weighted by Crippen LogP contribution is -2.11. The molecule has 0 aliphatic heterocycles. The summed E-state index contributed by atoms with van der Waals surface area (Å²) in [5, 5.41) is 7.19. The molecule has 0 N–H and O–H groups in total. The van der Waals surface area contributed by atoms with Crippen molar-refractivity contribution in [3.63, 3.8) is 0 Å². The van der Waals surface area contributed by atoms with E-state index in [1.54, 1.807) is 0 Å². The lowest BCUT2D eigenvalue weighted by molar-refractivity contribution is 0.669. The molecule has 1 heterocycles. The monoisotopic (exact) mass is 587 g/mol. The summed E-state index contributed by atoms with van der Waals surface area (Å²) >= 11 is 0. The number of anilines is 3. The minimum absolute atomic E-state index is 0.892. The van der Waals surface area contributed by atoms with E-state index in [4.69, 9.17) is 4.42 Å². The summed E-state index contributed by atoms with van der Waals surface area (Å²) in [6.07, 6.45) is 0. The number of hydrogen-bond donors (Lipinski definition) is 0. The average molecular weight is 588 g/mol. The molecule has 0 aliphatic carbocycles. The molecule has 0 atom stereocenters. The van der Waals surface area contributed by atoms with Gasteiger partial charge in [-0.1, -0.05) is 115 Å². The Hall–Kier alpha value is -6.12. The normalized spacial score (nSPS) is 11.5. The number of fused-ring (bicyclic) bond motifs is 5. The number of nitrogens with zero attached hydrogens (tertiary/aromatic N) is 1. The Balaban J connectivity index is 1.19. The maximum Gasteiger partial charge on any atom is 0.135 e. The highest BCUT2D eigenvalue weighted by atomic mass is 16.3. The van der Waals surface area contributed by atoms with Gasteiger partial charge < -0.3 is 9.32 Å². The Labute approximate surface area is 267 Å². The molecular weight excluding hydrogens is 558 g/mol. The van der Waals surface area contributed by atoms with E-state index in [0.717, 1.165) is 39.0 Å². The predicted octanol–water partition coefficient (Wildman–Crippen LogP) is 12.7. The van der Waals surface area contributed by atoms with E-state index in [1.807, 2.05) is 12.1 Å². The molecular formula is C44H29NO. The first kappa shape index (κ1) is 26.3. The number of benzene rings is 8. The summed E-state index contributed by atoms with van der Waals surface area (Å²) in [5.41, 5.74) is 9.88. The summed E-state index contributed by atoms with van der Waals surface area (Å²) in [4.78, 5) is 2.35. The fourth-order valence-electron chi connectivity index (χ4n) is 6.73. The molecule has 2 heteroatoms. The second-order valence-corrected chi connectivity index (χ2v) is 11.8. The van der Waals surface area contributed by atoms with Crippen molar-refractivity contribution in [2.24, 2.45) is 0 Å². The van der Waals surface area contributed by atoms with Gasteiger partial charge in [0.05, 0.1) is 5.69 Å². The van der Waals surface area contributed by atoms with Gasteiger partial charge in [-0.15, -0.1) is 0 Å². The number of furan rings is 1. The van der Waals surface area contributed by atoms with Gasteiger partial charge in [0.2, 0.25) is 0 Å². The van der Waals surface area contributed by atoms with Crippen LogP contribution in [0, 0.1) is 0 Å². The highest BCUT2D eigenvalue weighted by Gasteiger charge is 2.19. The van der Waals surface area contributed by atoms with E-state index >= 15 is 0 Å². The molecule has 0 aliphatic rings. The minimum atomic E-state index is 0.892. The standard InChI is InChI=1S/C44H29NO/c1-2-12-37(13-3-1)45(38-24-25-44-41(29-38)40-15-7-9-17-43(40)46-44)42-16-8-6-14-39(42)35-23-20-31-19-22-34(27-36(31)28-35)33-21-18-30-10-4-5-11-32(30)26-33/h1-29H. The van der Waals surface area contributed by atoms with Crippen molar-refractivity contribution in [3.05, 3.63) is 176 Å². The van der Waals surface area contributed by atoms with Gasteiger partial charge >= 0.3 is 0 Å². The fraction of sp³-hybridized carbons (Fsp3) is 0. The maximum absolute atomic E-state index is 6.18. The van der Waals surface area contributed by atoms with E-state index in [0.29, 0.717) is 0 Å². The summed E-state index contributed by atoms with van der Waals surface area (Å²) in [5.74, 6) is 0. The zero-order chi connectivity index (χ0) is 30.5. The summed E-state index contributed by atoms with van der Waals surface area (Å²) in [6, 6.07) is 62.9. The van der Waals surface area contributed by atoms with Crippen molar-refractivity contribution in [2.45, 2.75) is 0 Å². The Morgan fingerprint density at radius 3 is 1.80 bits per heavy atom. The number of para-hydroxylation sites is 3. The van der Waals surface area contributed by atoms with Gasteiger partial charge in [0.1, 0.15) is 11.2 Å². The van der Waals surface area contributed by atoms with Crippen LogP contribution in [0.1, 0.15) is 0 Å². The highest BCUT2D eigenvalue weighted by Crippen LogP contribution is 2.43. The van der Waals surface area contributed by atoms with Crippen molar-refractivity contribution in [1.82, 2.24) is 0 Å². The highest BCUT2D eigenvalue weighted by molar-refractivity contribution is 6.07. The largest absolute Gasteiger partial charge is 0.456 e. The predicted molar refractivity (Wildman–Crippen MR) is 194 cm³/mol. The van der Waals surface area contributed by atoms with E-state index < -0.39 is 0 Å². The van der Waals surface area contributed by atoms with Crippen LogP contribution in [0.3, 0.4) is 0 Å². The first-order valence-corrected chi connectivity index (χ1v) is 15.7. The first-order valence-electron chi connectivity index (χ1n) is 15.7. The van der Waals surface area contributed by atoms with Crippen LogP contribution in [0.15, 0.2) is 180 Å². The van der Waals surface area contributed by atoms with Gasteiger partial charge in [-0.2, -0.15) is 0 Å². The molecule has 0 unspecified atom stereocenters. The van der Waals surface area contributed by atoms with Crippen LogP contribution < -0.4 is 4.90 Å². The first-order chi connectivity index (χ1) is 22.8. The third-order valence-corrected chi connectivity index (χ3v) is 9.01. The van der Waals surface area contributed by atoms with E-state index in [9.17, 15) is 0 Å². The smallest absolute Gasteiger partial charge is 0.135 e. The van der Waals surface area contributed by atoms with Crippen molar-refractivity contribution in [1.29, 1.82) is 0 Å². The second-order valence-electron chi connectivity index (χ2n) is 11.8. The molecule has 0 bridgehead atoms. The maximum atomic E-state index is 6.18. The number of rotatable bonds is 5. The van der Waals surface area contributed by atoms with E-state index in [2.05, 4.69) is 169 Å². The molecule has 0 radical (unpaired) electrons. The third kappa shape index (κ3) is 4.51. The molecule has 0 fully saturated rings. The van der Waals surface area contributed by atoms with Crippen molar-refractivity contribution < 1.29 is 4.42 Å². The Morgan fingerprint density at radius 2 is 0.957 bits per heavy atom. The van der Waals surface area contributed by atoms with Crippen LogP contribution in [-0.4, -0.2) is 0 Å². The lowest BCUT2D eigenvalue weighted by atomic mass is 9.95. The van der Waals surface area contributed by atoms with Crippen LogP contribution in [0.5, 0.6) is 0 Å². The third-order valence-electron chi connectivity index (χ3n) is 9.01. The zero-order valence-corrected chi connectivity index (χ0v) is 25.1. The van der Waals surface area contributed by atoms with Crippen LogP contribution in [-0.2, 0) is 0 Å². The molecule has 1 aromatic heterocycles. The van der Waals surface area contributed by atoms with Gasteiger partial charge in [0, 0.05) is 27.7 Å². The van der Waals surface area contributed by atoms with Crippen LogP contribution >= 0.6 is 0 Å².